The van der Waals surface area contributed by atoms with Gasteiger partial charge in [-0.2, -0.15) is 0 Å². The first-order valence-electron chi connectivity index (χ1n) is 15.9. The number of rotatable bonds is 20. The minimum absolute atomic E-state index is 0.00926. The number of benzene rings is 2. The van der Waals surface area contributed by atoms with Crippen LogP contribution in [-0.4, -0.2) is 114 Å². The Hall–Kier alpha value is -4.01. The molecular formula is C35H45N5O7. The van der Waals surface area contributed by atoms with Gasteiger partial charge in [-0.05, 0) is 34.9 Å². The third-order valence-corrected chi connectivity index (χ3v) is 7.66. The number of fused-ring (bicyclic) bond motifs is 2. The third-order valence-electron chi connectivity index (χ3n) is 7.66. The van der Waals surface area contributed by atoms with E-state index in [9.17, 15) is 19.8 Å². The fourth-order valence-electron chi connectivity index (χ4n) is 5.24. The number of aliphatic hydroxyl groups is 2. The van der Waals surface area contributed by atoms with Gasteiger partial charge in [0.25, 0.3) is 0 Å². The summed E-state index contributed by atoms with van der Waals surface area (Å²) < 4.78 is 11.4. The monoisotopic (exact) mass is 647 g/mol. The molecule has 3 aromatic rings. The van der Waals surface area contributed by atoms with Crippen LogP contribution in [0, 0.1) is 0 Å². The Morgan fingerprint density at radius 2 is 1.51 bits per heavy atom. The molecular weight excluding hydrogens is 602 g/mol. The number of nitrogens with one attached hydrogen (secondary N) is 1. The molecule has 0 fully saturated rings. The summed E-state index contributed by atoms with van der Waals surface area (Å²) in [5.74, 6) is -1.07. The number of carboxylic acid groups (broad SMARTS) is 1. The maximum Gasteiger partial charge on any atom is 0.354 e. The lowest BCUT2D eigenvalue weighted by Gasteiger charge is -2.28. The summed E-state index contributed by atoms with van der Waals surface area (Å²) in [7, 11) is 0. The van der Waals surface area contributed by atoms with Crippen LogP contribution in [0.4, 0.5) is 5.69 Å². The van der Waals surface area contributed by atoms with Gasteiger partial charge in [-0.1, -0.05) is 60.7 Å². The molecule has 1 aliphatic heterocycles. The van der Waals surface area contributed by atoms with Gasteiger partial charge in [-0.25, -0.2) is 14.8 Å². The number of ether oxygens (including phenoxy) is 2. The van der Waals surface area contributed by atoms with Crippen molar-refractivity contribution >= 4 is 29.7 Å². The molecule has 0 spiro atoms. The fourth-order valence-corrected chi connectivity index (χ4v) is 5.24. The summed E-state index contributed by atoms with van der Waals surface area (Å²) in [5.41, 5.74) is 7.92. The number of anilines is 1. The highest BCUT2D eigenvalue weighted by atomic mass is 16.5. The predicted molar refractivity (Wildman–Crippen MR) is 179 cm³/mol. The van der Waals surface area contributed by atoms with Crippen molar-refractivity contribution in [2.24, 2.45) is 0 Å². The first kappa shape index (κ1) is 35.8. The summed E-state index contributed by atoms with van der Waals surface area (Å²) in [6.45, 7) is 4.70. The van der Waals surface area contributed by atoms with Crippen LogP contribution in [-0.2, 0) is 27.4 Å². The molecule has 0 radical (unpaired) electrons. The van der Waals surface area contributed by atoms with Crippen LogP contribution in [0.15, 0.2) is 66.7 Å². The van der Waals surface area contributed by atoms with Crippen LogP contribution in [0.2, 0.25) is 0 Å². The number of pyridine rings is 1. The van der Waals surface area contributed by atoms with Gasteiger partial charge < -0.3 is 29.7 Å². The van der Waals surface area contributed by atoms with E-state index < -0.39 is 5.97 Å². The van der Waals surface area contributed by atoms with Gasteiger partial charge in [0.2, 0.25) is 5.91 Å². The lowest BCUT2D eigenvalue weighted by molar-refractivity contribution is -0.118. The number of para-hydroxylation sites is 1. The van der Waals surface area contributed by atoms with Gasteiger partial charge in [-0.3, -0.25) is 15.1 Å². The molecule has 0 aliphatic carbocycles. The largest absolute Gasteiger partial charge is 0.477 e. The zero-order valence-electron chi connectivity index (χ0n) is 26.7. The summed E-state index contributed by atoms with van der Waals surface area (Å²) in [4.78, 5) is 32.6. The van der Waals surface area contributed by atoms with E-state index in [0.717, 1.165) is 22.4 Å². The molecule has 252 valence electrons. The zero-order valence-corrected chi connectivity index (χ0v) is 26.7. The number of aromatic carboxylic acids is 1. The van der Waals surface area contributed by atoms with Gasteiger partial charge in [0.15, 0.2) is 0 Å². The maximum atomic E-state index is 13.5. The highest BCUT2D eigenvalue weighted by molar-refractivity contribution is 5.97. The number of hydrogen-bond donors (Lipinski definition) is 4. The number of nitrogens with zero attached hydrogens (tertiary/aromatic N) is 4. The second kappa shape index (κ2) is 19.6. The highest BCUT2D eigenvalue weighted by Gasteiger charge is 2.21. The Morgan fingerprint density at radius 3 is 2.28 bits per heavy atom. The van der Waals surface area contributed by atoms with Crippen molar-refractivity contribution in [3.8, 4) is 0 Å². The van der Waals surface area contributed by atoms with E-state index in [4.69, 9.17) is 14.6 Å². The zero-order chi connectivity index (χ0) is 33.3. The number of hydrazine groups is 1. The Kier molecular flexibility index (Phi) is 14.9. The van der Waals surface area contributed by atoms with E-state index in [-0.39, 0.29) is 31.2 Å². The normalized spacial score (nSPS) is 13.2. The van der Waals surface area contributed by atoms with Crippen molar-refractivity contribution in [3.63, 3.8) is 0 Å². The number of aliphatic hydroxyl groups excluding tert-OH is 2. The van der Waals surface area contributed by atoms with Gasteiger partial charge >= 0.3 is 5.97 Å². The number of amides is 1. The maximum absolute atomic E-state index is 13.5. The molecule has 4 N–H and O–H groups in total. The van der Waals surface area contributed by atoms with E-state index in [2.05, 4.69) is 34.7 Å². The summed E-state index contributed by atoms with van der Waals surface area (Å²) in [6.07, 6.45) is 4.43. The SMILES string of the molecule is O=C(O)c1cccc(CN(CCO)CCOCCOCCN(CCO)NCCC(=O)N2Cc3ccccc3/C=C\c3ccccc32)n1. The van der Waals surface area contributed by atoms with Crippen LogP contribution >= 0.6 is 0 Å². The Morgan fingerprint density at radius 1 is 0.809 bits per heavy atom. The van der Waals surface area contributed by atoms with Crippen LogP contribution in [0.5, 0.6) is 0 Å². The summed E-state index contributed by atoms with van der Waals surface area (Å²) >= 11 is 0. The van der Waals surface area contributed by atoms with Crippen LogP contribution in [0.3, 0.4) is 0 Å². The van der Waals surface area contributed by atoms with E-state index in [1.54, 1.807) is 12.1 Å². The number of carboxylic acids is 1. The number of carbonyl (C=O) groups excluding carboxylic acids is 1. The average Bonchev–Trinajstić information content (AvgIpc) is 3.07. The van der Waals surface area contributed by atoms with Crippen molar-refractivity contribution in [2.75, 3.05) is 77.3 Å². The van der Waals surface area contributed by atoms with Gasteiger partial charge in [0, 0.05) is 45.7 Å². The number of hydrogen-bond acceptors (Lipinski definition) is 10. The van der Waals surface area contributed by atoms with Crippen molar-refractivity contribution in [2.45, 2.75) is 19.5 Å². The minimum Gasteiger partial charge on any atom is -0.477 e. The standard InChI is InChI=1S/C35H45N5O7/c41-20-16-38(27-31-9-5-10-32(37-31)35(44)45)18-22-46-24-25-47-23-19-39(17-21-42)36-15-14-34(43)40-26-30-8-2-1-6-28(30)12-13-29-7-3-4-11-33(29)40/h1-13,36,41-42H,14-27H2,(H,44,45)/b13-12-. The lowest BCUT2D eigenvalue weighted by atomic mass is 10.0. The summed E-state index contributed by atoms with van der Waals surface area (Å²) in [5, 5.41) is 30.0. The molecule has 12 heteroatoms. The molecule has 47 heavy (non-hydrogen) atoms. The van der Waals surface area contributed by atoms with Gasteiger partial charge in [0.1, 0.15) is 5.69 Å². The minimum atomic E-state index is -1.08. The van der Waals surface area contributed by atoms with Crippen molar-refractivity contribution in [1.29, 1.82) is 0 Å². The Balaban J connectivity index is 1.15. The van der Waals surface area contributed by atoms with E-state index >= 15 is 0 Å². The molecule has 2 heterocycles. The third kappa shape index (κ3) is 11.6. The van der Waals surface area contributed by atoms with Crippen LogP contribution in [0.1, 0.15) is 39.3 Å². The molecule has 0 atom stereocenters. The Labute approximate surface area is 275 Å². The molecule has 2 aromatic carbocycles. The van der Waals surface area contributed by atoms with E-state index in [0.29, 0.717) is 77.9 Å². The smallest absolute Gasteiger partial charge is 0.354 e. The van der Waals surface area contributed by atoms with Crippen molar-refractivity contribution < 1.29 is 34.4 Å². The van der Waals surface area contributed by atoms with Crippen LogP contribution in [0.25, 0.3) is 12.2 Å². The molecule has 0 saturated heterocycles. The molecule has 1 amide bonds. The second-order valence-electron chi connectivity index (χ2n) is 11.0. The molecule has 0 bridgehead atoms. The van der Waals surface area contributed by atoms with E-state index in [1.807, 2.05) is 51.2 Å². The molecule has 0 saturated carbocycles. The quantitative estimate of drug-likeness (QED) is 0.106. The molecule has 1 aliphatic rings. The molecule has 1 aromatic heterocycles. The predicted octanol–water partition coefficient (Wildman–Crippen LogP) is 2.51. The topological polar surface area (TPSA) is 148 Å². The van der Waals surface area contributed by atoms with Crippen molar-refractivity contribution in [3.05, 3.63) is 94.8 Å². The van der Waals surface area contributed by atoms with Crippen LogP contribution < -0.4 is 10.3 Å². The number of carbonyl (C=O) groups is 2. The number of aromatic nitrogens is 1. The first-order valence-corrected chi connectivity index (χ1v) is 15.9. The molecule has 0 unspecified atom stereocenters. The van der Waals surface area contributed by atoms with Gasteiger partial charge in [0.05, 0.1) is 57.6 Å². The molecule has 4 rings (SSSR count). The second-order valence-corrected chi connectivity index (χ2v) is 11.0. The van der Waals surface area contributed by atoms with Crippen molar-refractivity contribution in [1.82, 2.24) is 20.3 Å². The first-order chi connectivity index (χ1) is 23.0. The fraction of sp³-hybridized carbons (Fsp3) is 0.400. The summed E-state index contributed by atoms with van der Waals surface area (Å²) in [6, 6.07) is 20.9. The average molecular weight is 648 g/mol. The Bertz CT molecular complexity index is 1450. The highest BCUT2D eigenvalue weighted by Crippen LogP contribution is 2.29. The molecule has 12 nitrogen and oxygen atoms in total. The lowest BCUT2D eigenvalue weighted by Crippen LogP contribution is -2.44. The van der Waals surface area contributed by atoms with Gasteiger partial charge in [-0.15, -0.1) is 0 Å². The van der Waals surface area contributed by atoms with E-state index in [1.165, 1.54) is 6.07 Å².